The number of amides is 1. The van der Waals surface area contributed by atoms with Gasteiger partial charge in [-0.3, -0.25) is 9.36 Å². The number of benzene rings is 3. The Morgan fingerprint density at radius 3 is 2.49 bits per heavy atom. The van der Waals surface area contributed by atoms with Crippen molar-refractivity contribution < 1.29 is 9.53 Å². The second-order valence-corrected chi connectivity index (χ2v) is 10.8. The second-order valence-electron chi connectivity index (χ2n) is 9.40. The molecule has 5 rings (SSSR count). The number of rotatable bonds is 10. The predicted octanol–water partition coefficient (Wildman–Crippen LogP) is 6.93. The van der Waals surface area contributed by atoms with E-state index in [1.165, 1.54) is 31.0 Å². The summed E-state index contributed by atoms with van der Waals surface area (Å²) >= 11 is 7.47. The minimum absolute atomic E-state index is 0.190. The van der Waals surface area contributed by atoms with Crippen molar-refractivity contribution in [1.29, 1.82) is 0 Å². The molecule has 4 aromatic rings. The molecule has 1 aliphatic carbocycles. The number of carbonyl (C=O) groups is 1. The van der Waals surface area contributed by atoms with Gasteiger partial charge in [0.2, 0.25) is 0 Å². The molecule has 1 heterocycles. The van der Waals surface area contributed by atoms with Gasteiger partial charge in [-0.2, -0.15) is 5.10 Å². The standard InChI is InChI=1S/C30H30ClN5O2S/c31-25-15-13-24(14-16-25)29-34-35-30(36(29)26-9-5-2-6-10-26)39-21-28(37)33-32-19-22-11-17-27(18-12-22)38-20-23-7-3-1-4-8-23/h1,3-4,7-8,11-19,26H,2,5-6,9-10,20-21H2,(H,33,37)/b32-19+. The first-order valence-electron chi connectivity index (χ1n) is 13.1. The lowest BCUT2D eigenvalue weighted by Gasteiger charge is -2.25. The van der Waals surface area contributed by atoms with Gasteiger partial charge in [-0.15, -0.1) is 10.2 Å². The van der Waals surface area contributed by atoms with E-state index >= 15 is 0 Å². The molecule has 0 bridgehead atoms. The third-order valence-corrected chi connectivity index (χ3v) is 7.77. The van der Waals surface area contributed by atoms with E-state index < -0.39 is 0 Å². The fourth-order valence-corrected chi connectivity index (χ4v) is 5.50. The van der Waals surface area contributed by atoms with Crippen LogP contribution in [0.3, 0.4) is 0 Å². The monoisotopic (exact) mass is 559 g/mol. The van der Waals surface area contributed by atoms with Crippen molar-refractivity contribution in [2.24, 2.45) is 5.10 Å². The molecule has 1 aromatic heterocycles. The first-order valence-corrected chi connectivity index (χ1v) is 14.4. The summed E-state index contributed by atoms with van der Waals surface area (Å²) in [6.45, 7) is 0.512. The third kappa shape index (κ3) is 7.49. The van der Waals surface area contributed by atoms with Gasteiger partial charge in [0.25, 0.3) is 5.91 Å². The van der Waals surface area contributed by atoms with Gasteiger partial charge in [0.05, 0.1) is 12.0 Å². The summed E-state index contributed by atoms with van der Waals surface area (Å²) < 4.78 is 8.02. The second kappa shape index (κ2) is 13.4. The minimum Gasteiger partial charge on any atom is -0.489 e. The summed E-state index contributed by atoms with van der Waals surface area (Å²) in [6.07, 6.45) is 7.40. The maximum Gasteiger partial charge on any atom is 0.250 e. The van der Waals surface area contributed by atoms with Crippen molar-refractivity contribution in [2.75, 3.05) is 5.75 Å². The number of aromatic nitrogens is 3. The van der Waals surface area contributed by atoms with Crippen LogP contribution in [0.5, 0.6) is 5.75 Å². The van der Waals surface area contributed by atoms with Crippen molar-refractivity contribution in [1.82, 2.24) is 20.2 Å². The first kappa shape index (κ1) is 27.0. The molecule has 7 nitrogen and oxygen atoms in total. The maximum atomic E-state index is 12.5. The molecule has 0 saturated heterocycles. The number of nitrogens with zero attached hydrogens (tertiary/aromatic N) is 4. The number of hydrogen-bond acceptors (Lipinski definition) is 6. The Morgan fingerprint density at radius 2 is 1.74 bits per heavy atom. The van der Waals surface area contributed by atoms with Crippen molar-refractivity contribution in [3.8, 4) is 17.1 Å². The summed E-state index contributed by atoms with van der Waals surface area (Å²) in [5.41, 5.74) is 5.55. The molecule has 0 aliphatic heterocycles. The van der Waals surface area contributed by atoms with Crippen LogP contribution in [0.2, 0.25) is 5.02 Å². The Morgan fingerprint density at radius 1 is 1.00 bits per heavy atom. The third-order valence-electron chi connectivity index (χ3n) is 6.57. The Balaban J connectivity index is 1.16. The molecule has 1 N–H and O–H groups in total. The van der Waals surface area contributed by atoms with E-state index in [0.29, 0.717) is 17.7 Å². The van der Waals surface area contributed by atoms with Gasteiger partial charge in [-0.1, -0.05) is 73.0 Å². The average Bonchev–Trinajstić information content (AvgIpc) is 3.41. The van der Waals surface area contributed by atoms with Gasteiger partial charge in [0, 0.05) is 16.6 Å². The molecule has 200 valence electrons. The van der Waals surface area contributed by atoms with Crippen LogP contribution < -0.4 is 10.2 Å². The van der Waals surface area contributed by atoms with E-state index in [1.54, 1.807) is 6.21 Å². The number of thioether (sulfide) groups is 1. The number of nitrogens with one attached hydrogen (secondary N) is 1. The molecule has 39 heavy (non-hydrogen) atoms. The largest absolute Gasteiger partial charge is 0.489 e. The molecule has 1 fully saturated rings. The molecule has 0 unspecified atom stereocenters. The number of ether oxygens (including phenoxy) is 1. The van der Waals surface area contributed by atoms with Gasteiger partial charge < -0.3 is 4.74 Å². The zero-order valence-corrected chi connectivity index (χ0v) is 23.1. The lowest BCUT2D eigenvalue weighted by molar-refractivity contribution is -0.118. The van der Waals surface area contributed by atoms with Crippen LogP contribution in [0.1, 0.15) is 49.3 Å². The van der Waals surface area contributed by atoms with Crippen LogP contribution in [0.15, 0.2) is 89.1 Å². The highest BCUT2D eigenvalue weighted by Gasteiger charge is 2.24. The lowest BCUT2D eigenvalue weighted by atomic mass is 9.95. The van der Waals surface area contributed by atoms with Crippen LogP contribution in [-0.2, 0) is 11.4 Å². The topological polar surface area (TPSA) is 81.4 Å². The van der Waals surface area contributed by atoms with Crippen molar-refractivity contribution >= 4 is 35.5 Å². The molecule has 1 aliphatic rings. The zero-order valence-electron chi connectivity index (χ0n) is 21.5. The van der Waals surface area contributed by atoms with Crippen LogP contribution in [-0.4, -0.2) is 32.6 Å². The van der Waals surface area contributed by atoms with Crippen LogP contribution in [0.25, 0.3) is 11.4 Å². The molecule has 9 heteroatoms. The van der Waals surface area contributed by atoms with Gasteiger partial charge in [-0.25, -0.2) is 5.43 Å². The fourth-order valence-electron chi connectivity index (χ4n) is 4.57. The molecule has 1 amide bonds. The van der Waals surface area contributed by atoms with Gasteiger partial charge >= 0.3 is 0 Å². The Labute approximate surface area is 237 Å². The molecule has 0 atom stereocenters. The van der Waals surface area contributed by atoms with Crippen molar-refractivity contribution in [3.05, 3.63) is 95.0 Å². The first-order chi connectivity index (χ1) is 19.2. The highest BCUT2D eigenvalue weighted by molar-refractivity contribution is 7.99. The highest BCUT2D eigenvalue weighted by Crippen LogP contribution is 2.35. The van der Waals surface area contributed by atoms with E-state index in [2.05, 4.69) is 25.3 Å². The van der Waals surface area contributed by atoms with Gasteiger partial charge in [0.1, 0.15) is 12.4 Å². The molecular weight excluding hydrogens is 530 g/mol. The van der Waals surface area contributed by atoms with Crippen molar-refractivity contribution in [2.45, 2.75) is 49.9 Å². The summed E-state index contributed by atoms with van der Waals surface area (Å²) in [5, 5.41) is 14.5. The van der Waals surface area contributed by atoms with Crippen molar-refractivity contribution in [3.63, 3.8) is 0 Å². The summed E-state index contributed by atoms with van der Waals surface area (Å²) in [4.78, 5) is 12.5. The quantitative estimate of drug-likeness (QED) is 0.129. The Hall–Kier alpha value is -3.62. The molecule has 3 aromatic carbocycles. The Bertz CT molecular complexity index is 1390. The van der Waals surface area contributed by atoms with E-state index in [9.17, 15) is 4.79 Å². The number of hydrogen-bond donors (Lipinski definition) is 1. The Kier molecular flexibility index (Phi) is 9.30. The number of hydrazone groups is 1. The van der Waals surface area contributed by atoms with Crippen LogP contribution in [0, 0.1) is 0 Å². The van der Waals surface area contributed by atoms with E-state index in [4.69, 9.17) is 16.3 Å². The SMILES string of the molecule is O=C(CSc1nnc(-c2ccc(Cl)cc2)n1C1CCCCC1)N/N=C/c1ccc(OCc2ccccc2)cc1. The minimum atomic E-state index is -0.203. The highest BCUT2D eigenvalue weighted by atomic mass is 35.5. The normalized spacial score (nSPS) is 14.0. The number of carbonyl (C=O) groups excluding carboxylic acids is 1. The maximum absolute atomic E-state index is 12.5. The zero-order chi connectivity index (χ0) is 26.9. The molecule has 0 radical (unpaired) electrons. The summed E-state index contributed by atoms with van der Waals surface area (Å²) in [5.74, 6) is 1.58. The van der Waals surface area contributed by atoms with Gasteiger partial charge in [0.15, 0.2) is 11.0 Å². The number of halogens is 1. The summed E-state index contributed by atoms with van der Waals surface area (Å²) in [6, 6.07) is 25.6. The predicted molar refractivity (Wildman–Crippen MR) is 156 cm³/mol. The average molecular weight is 560 g/mol. The molecular formula is C30H30ClN5O2S. The van der Waals surface area contributed by atoms with Gasteiger partial charge in [-0.05, 0) is 72.5 Å². The van der Waals surface area contributed by atoms with E-state index in [1.807, 2.05) is 78.9 Å². The molecule has 1 saturated carbocycles. The van der Waals surface area contributed by atoms with Crippen LogP contribution in [0.4, 0.5) is 0 Å². The van der Waals surface area contributed by atoms with Crippen LogP contribution >= 0.6 is 23.4 Å². The molecule has 0 spiro atoms. The van der Waals surface area contributed by atoms with E-state index in [-0.39, 0.29) is 11.7 Å². The fraction of sp³-hybridized carbons (Fsp3) is 0.267. The summed E-state index contributed by atoms with van der Waals surface area (Å²) in [7, 11) is 0. The van der Waals surface area contributed by atoms with E-state index in [0.717, 1.165) is 46.3 Å². The lowest BCUT2D eigenvalue weighted by Crippen LogP contribution is -2.20. The smallest absolute Gasteiger partial charge is 0.250 e.